The molecule has 0 saturated carbocycles. The first kappa shape index (κ1) is 19.5. The summed E-state index contributed by atoms with van der Waals surface area (Å²) < 4.78 is 18.9. The minimum atomic E-state index is -0.670. The molecule has 4 rings (SSSR count). The average molecular weight is 409 g/mol. The molecule has 1 saturated heterocycles. The quantitative estimate of drug-likeness (QED) is 0.659. The van der Waals surface area contributed by atoms with Gasteiger partial charge in [0.25, 0.3) is 5.91 Å². The first-order chi connectivity index (χ1) is 14.6. The van der Waals surface area contributed by atoms with Crippen LogP contribution in [0.5, 0.6) is 6.01 Å². The minimum absolute atomic E-state index is 0.0697. The lowest BCUT2D eigenvalue weighted by molar-refractivity contribution is 0.102. The molecule has 3 aromatic rings. The first-order valence-electron chi connectivity index (χ1n) is 9.46. The number of rotatable bonds is 5. The van der Waals surface area contributed by atoms with Crippen LogP contribution in [0.3, 0.4) is 0 Å². The lowest BCUT2D eigenvalue weighted by atomic mass is 10.1. The van der Waals surface area contributed by atoms with Crippen molar-refractivity contribution in [2.75, 3.05) is 29.0 Å². The van der Waals surface area contributed by atoms with E-state index in [1.165, 1.54) is 6.33 Å². The van der Waals surface area contributed by atoms with Gasteiger partial charge >= 0.3 is 6.01 Å². The van der Waals surface area contributed by atoms with Gasteiger partial charge in [-0.2, -0.15) is 4.98 Å². The van der Waals surface area contributed by atoms with E-state index in [1.54, 1.807) is 30.3 Å². The summed E-state index contributed by atoms with van der Waals surface area (Å²) in [7, 11) is 0. The van der Waals surface area contributed by atoms with Gasteiger partial charge in [0.15, 0.2) is 11.6 Å². The molecule has 1 aromatic carbocycles. The molecular formula is C20H20FN7O2. The fourth-order valence-electron chi connectivity index (χ4n) is 3.14. The molecule has 2 aromatic heterocycles. The number of aromatic nitrogens is 4. The van der Waals surface area contributed by atoms with Gasteiger partial charge in [0.1, 0.15) is 24.1 Å². The zero-order chi connectivity index (χ0) is 20.9. The summed E-state index contributed by atoms with van der Waals surface area (Å²) in [5, 5.41) is 2.79. The van der Waals surface area contributed by atoms with Gasteiger partial charge in [-0.25, -0.2) is 19.3 Å². The van der Waals surface area contributed by atoms with Crippen molar-refractivity contribution < 1.29 is 13.9 Å². The van der Waals surface area contributed by atoms with Crippen LogP contribution in [0, 0.1) is 5.82 Å². The fourth-order valence-corrected chi connectivity index (χ4v) is 3.14. The molecule has 0 aliphatic carbocycles. The summed E-state index contributed by atoms with van der Waals surface area (Å²) in [6, 6.07) is 10.7. The number of amides is 1. The summed E-state index contributed by atoms with van der Waals surface area (Å²) >= 11 is 0. The maximum absolute atomic E-state index is 13.2. The van der Waals surface area contributed by atoms with Crippen LogP contribution in [0.2, 0.25) is 0 Å². The van der Waals surface area contributed by atoms with Crippen molar-refractivity contribution in [3.63, 3.8) is 0 Å². The van der Waals surface area contributed by atoms with E-state index in [0.717, 1.165) is 6.20 Å². The largest absolute Gasteiger partial charge is 0.460 e. The summed E-state index contributed by atoms with van der Waals surface area (Å²) in [5.74, 6) is 0.0158. The topological polar surface area (TPSA) is 119 Å². The van der Waals surface area contributed by atoms with E-state index < -0.39 is 5.82 Å². The number of nitrogens with one attached hydrogen (secondary N) is 1. The Hall–Kier alpha value is -3.82. The number of anilines is 3. The zero-order valence-electron chi connectivity index (χ0n) is 16.0. The molecule has 3 heterocycles. The highest BCUT2D eigenvalue weighted by atomic mass is 19.1. The van der Waals surface area contributed by atoms with Crippen molar-refractivity contribution in [2.24, 2.45) is 0 Å². The molecule has 154 valence electrons. The predicted molar refractivity (Wildman–Crippen MR) is 109 cm³/mol. The van der Waals surface area contributed by atoms with E-state index in [9.17, 15) is 9.18 Å². The van der Waals surface area contributed by atoms with Crippen LogP contribution in [-0.2, 0) is 0 Å². The number of hydrogen-bond acceptors (Lipinski definition) is 8. The highest BCUT2D eigenvalue weighted by Gasteiger charge is 2.23. The van der Waals surface area contributed by atoms with Gasteiger partial charge in [0.2, 0.25) is 0 Å². The van der Waals surface area contributed by atoms with Crippen LogP contribution >= 0.6 is 0 Å². The molecule has 1 amide bonds. The number of halogens is 1. The summed E-state index contributed by atoms with van der Waals surface area (Å²) in [5.41, 5.74) is 6.01. The molecule has 30 heavy (non-hydrogen) atoms. The number of carbonyl (C=O) groups excluding carboxylic acids is 1. The number of ether oxygens (including phenoxy) is 1. The average Bonchev–Trinajstić information content (AvgIpc) is 2.78. The molecule has 9 nitrogen and oxygen atoms in total. The lowest BCUT2D eigenvalue weighted by Gasteiger charge is -2.32. The number of piperidine rings is 1. The molecule has 0 radical (unpaired) electrons. The zero-order valence-corrected chi connectivity index (χ0v) is 16.0. The molecule has 1 aliphatic rings. The second kappa shape index (κ2) is 8.68. The molecule has 0 spiro atoms. The van der Waals surface area contributed by atoms with Gasteiger partial charge < -0.3 is 20.7 Å². The number of carbonyl (C=O) groups is 1. The van der Waals surface area contributed by atoms with Crippen LogP contribution in [0.1, 0.15) is 23.2 Å². The van der Waals surface area contributed by atoms with Gasteiger partial charge in [-0.3, -0.25) is 4.79 Å². The summed E-state index contributed by atoms with van der Waals surface area (Å²) in [6.07, 6.45) is 3.73. The van der Waals surface area contributed by atoms with Crippen molar-refractivity contribution in [3.8, 4) is 6.01 Å². The van der Waals surface area contributed by atoms with Gasteiger partial charge in [-0.1, -0.05) is 18.2 Å². The molecule has 0 unspecified atom stereocenters. The Kier molecular flexibility index (Phi) is 5.64. The maximum atomic E-state index is 13.2. The normalized spacial score (nSPS) is 14.4. The number of nitrogen functional groups attached to an aromatic ring is 1. The SMILES string of the molecule is Nc1nc(OC2CCN(c3cc(NC(=O)c4ccccc4)ncn3)CC2)ncc1F. The second-order valence-corrected chi connectivity index (χ2v) is 6.77. The predicted octanol–water partition coefficient (Wildman–Crippen LogP) is 2.29. The molecule has 10 heteroatoms. The number of hydrogen-bond donors (Lipinski definition) is 2. The Morgan fingerprint density at radius 1 is 1.17 bits per heavy atom. The van der Waals surface area contributed by atoms with Crippen molar-refractivity contribution in [1.29, 1.82) is 0 Å². The van der Waals surface area contributed by atoms with Crippen molar-refractivity contribution in [3.05, 3.63) is 60.3 Å². The van der Waals surface area contributed by atoms with Crippen LogP contribution in [0.25, 0.3) is 0 Å². The Morgan fingerprint density at radius 3 is 2.67 bits per heavy atom. The Balaban J connectivity index is 1.35. The van der Waals surface area contributed by atoms with Gasteiger partial charge in [-0.05, 0) is 12.1 Å². The molecule has 0 atom stereocenters. The highest BCUT2D eigenvalue weighted by Crippen LogP contribution is 2.22. The molecule has 1 fully saturated rings. The van der Waals surface area contributed by atoms with E-state index in [1.807, 2.05) is 6.07 Å². The summed E-state index contributed by atoms with van der Waals surface area (Å²) in [6.45, 7) is 1.37. The maximum Gasteiger partial charge on any atom is 0.318 e. The number of nitrogens with zero attached hydrogens (tertiary/aromatic N) is 5. The van der Waals surface area contributed by atoms with Crippen LogP contribution in [0.15, 0.2) is 48.9 Å². The van der Waals surface area contributed by atoms with Crippen molar-refractivity contribution in [1.82, 2.24) is 19.9 Å². The Bertz CT molecular complexity index is 1030. The van der Waals surface area contributed by atoms with Crippen molar-refractivity contribution >= 4 is 23.4 Å². The summed E-state index contributed by atoms with van der Waals surface area (Å²) in [4.78, 5) is 30.5. The standard InChI is InChI=1S/C20H20FN7O2/c21-15-11-23-20(27-18(15)22)30-14-6-8-28(9-7-14)17-10-16(24-12-25-17)26-19(29)13-4-2-1-3-5-13/h1-5,10-12,14H,6-9H2,(H2,22,23,27)(H,24,25,26,29). The third-order valence-electron chi connectivity index (χ3n) is 4.72. The smallest absolute Gasteiger partial charge is 0.318 e. The minimum Gasteiger partial charge on any atom is -0.460 e. The molecule has 0 bridgehead atoms. The second-order valence-electron chi connectivity index (χ2n) is 6.77. The molecular weight excluding hydrogens is 389 g/mol. The first-order valence-corrected chi connectivity index (χ1v) is 9.46. The number of nitrogens with two attached hydrogens (primary N) is 1. The van der Waals surface area contributed by atoms with Gasteiger partial charge in [0, 0.05) is 37.6 Å². The number of benzene rings is 1. The third kappa shape index (κ3) is 4.59. The molecule has 3 N–H and O–H groups in total. The van der Waals surface area contributed by atoms with Crippen LogP contribution in [-0.4, -0.2) is 45.0 Å². The van der Waals surface area contributed by atoms with Crippen molar-refractivity contribution in [2.45, 2.75) is 18.9 Å². The Labute approximate surface area is 172 Å². The monoisotopic (exact) mass is 409 g/mol. The van der Waals surface area contributed by atoms with Gasteiger partial charge in [-0.15, -0.1) is 0 Å². The van der Waals surface area contributed by atoms with Crippen LogP contribution in [0.4, 0.5) is 21.8 Å². The van der Waals surface area contributed by atoms with Gasteiger partial charge in [0.05, 0.1) is 6.20 Å². The Morgan fingerprint density at radius 2 is 1.93 bits per heavy atom. The van der Waals surface area contributed by atoms with E-state index >= 15 is 0 Å². The highest BCUT2D eigenvalue weighted by molar-refractivity contribution is 6.03. The van der Waals surface area contributed by atoms with E-state index in [2.05, 4.69) is 30.2 Å². The van der Waals surface area contributed by atoms with Crippen LogP contribution < -0.4 is 20.7 Å². The third-order valence-corrected chi connectivity index (χ3v) is 4.72. The fraction of sp³-hybridized carbons (Fsp3) is 0.250. The van der Waals surface area contributed by atoms with E-state index in [4.69, 9.17) is 10.5 Å². The molecule has 1 aliphatic heterocycles. The van der Waals surface area contributed by atoms with E-state index in [0.29, 0.717) is 43.1 Å². The van der Waals surface area contributed by atoms with E-state index in [-0.39, 0.29) is 23.8 Å². The lowest BCUT2D eigenvalue weighted by Crippen LogP contribution is -2.39.